The highest BCUT2D eigenvalue weighted by molar-refractivity contribution is 5.99. The molecule has 24 heavy (non-hydrogen) atoms. The van der Waals surface area contributed by atoms with Crippen molar-refractivity contribution in [2.75, 3.05) is 13.1 Å². The summed E-state index contributed by atoms with van der Waals surface area (Å²) in [6, 6.07) is 0.260. The first-order valence-electron chi connectivity index (χ1n) is 7.12. The second-order valence-corrected chi connectivity index (χ2v) is 5.32. The van der Waals surface area contributed by atoms with Gasteiger partial charge in [-0.3, -0.25) is 14.4 Å². The van der Waals surface area contributed by atoms with Gasteiger partial charge < -0.3 is 19.7 Å². The maximum atomic E-state index is 12.5. The molecule has 1 aromatic rings. The van der Waals surface area contributed by atoms with Crippen molar-refractivity contribution in [1.82, 2.24) is 10.2 Å². The van der Waals surface area contributed by atoms with E-state index >= 15 is 0 Å². The van der Waals surface area contributed by atoms with Crippen LogP contribution in [-0.4, -0.2) is 53.1 Å². The van der Waals surface area contributed by atoms with Gasteiger partial charge in [0.15, 0.2) is 0 Å². The third kappa shape index (κ3) is 4.27. The Labute approximate surface area is 134 Å². The number of carboxylic acid groups (broad SMARTS) is 1. The van der Waals surface area contributed by atoms with E-state index in [9.17, 15) is 27.6 Å². The highest BCUT2D eigenvalue weighted by Crippen LogP contribution is 2.23. The van der Waals surface area contributed by atoms with Crippen LogP contribution in [0.2, 0.25) is 0 Å². The molecule has 0 aliphatic carbocycles. The molecule has 1 aliphatic heterocycles. The summed E-state index contributed by atoms with van der Waals surface area (Å²) in [5, 5.41) is 10.6. The molecule has 7 nitrogen and oxygen atoms in total. The van der Waals surface area contributed by atoms with Crippen molar-refractivity contribution in [1.29, 1.82) is 0 Å². The number of furan rings is 1. The predicted octanol–water partition coefficient (Wildman–Crippen LogP) is 1.19. The first-order chi connectivity index (χ1) is 11.2. The van der Waals surface area contributed by atoms with Crippen LogP contribution < -0.4 is 5.32 Å². The number of aliphatic carboxylic acids is 1. The van der Waals surface area contributed by atoms with Gasteiger partial charge in [0.25, 0.3) is 5.91 Å². The van der Waals surface area contributed by atoms with Gasteiger partial charge in [-0.15, -0.1) is 0 Å². The summed E-state index contributed by atoms with van der Waals surface area (Å²) in [5.74, 6) is -2.78. The van der Waals surface area contributed by atoms with Crippen LogP contribution in [0.15, 0.2) is 16.7 Å². The Bertz CT molecular complexity index is 641. The van der Waals surface area contributed by atoms with Crippen molar-refractivity contribution < 1.29 is 37.1 Å². The van der Waals surface area contributed by atoms with E-state index in [1.165, 1.54) is 6.07 Å². The molecule has 2 amide bonds. The van der Waals surface area contributed by atoms with Gasteiger partial charge in [0.1, 0.15) is 24.8 Å². The zero-order valence-corrected chi connectivity index (χ0v) is 12.4. The average Bonchev–Trinajstić information content (AvgIpc) is 3.11. The van der Waals surface area contributed by atoms with Crippen LogP contribution in [0.3, 0.4) is 0 Å². The van der Waals surface area contributed by atoms with E-state index in [4.69, 9.17) is 9.52 Å². The molecule has 0 saturated carbocycles. The lowest BCUT2D eigenvalue weighted by atomic mass is 10.1. The van der Waals surface area contributed by atoms with Gasteiger partial charge in [0.05, 0.1) is 11.8 Å². The molecule has 1 atom stereocenters. The second kappa shape index (κ2) is 6.93. The number of hydrogen-bond acceptors (Lipinski definition) is 4. The Hall–Kier alpha value is -2.52. The molecule has 1 unspecified atom stereocenters. The number of nitrogens with one attached hydrogen (secondary N) is 1. The van der Waals surface area contributed by atoms with Crippen LogP contribution in [0.25, 0.3) is 0 Å². The zero-order chi connectivity index (χ0) is 17.9. The average molecular weight is 348 g/mol. The van der Waals surface area contributed by atoms with Crippen molar-refractivity contribution >= 4 is 17.8 Å². The topological polar surface area (TPSA) is 99.8 Å². The van der Waals surface area contributed by atoms with Crippen LogP contribution in [0, 0.1) is 0 Å². The van der Waals surface area contributed by atoms with Gasteiger partial charge in [-0.1, -0.05) is 0 Å². The third-order valence-electron chi connectivity index (χ3n) is 3.57. The monoisotopic (exact) mass is 348 g/mol. The molecule has 2 rings (SSSR count). The molecule has 0 spiro atoms. The van der Waals surface area contributed by atoms with Crippen LogP contribution in [0.1, 0.15) is 29.0 Å². The third-order valence-corrected chi connectivity index (χ3v) is 3.57. The number of hydrogen-bond donors (Lipinski definition) is 2. The van der Waals surface area contributed by atoms with Crippen molar-refractivity contribution in [2.45, 2.75) is 31.5 Å². The van der Waals surface area contributed by atoms with Gasteiger partial charge in [-0.05, 0) is 18.9 Å². The van der Waals surface area contributed by atoms with E-state index in [-0.39, 0.29) is 24.3 Å². The van der Waals surface area contributed by atoms with Crippen molar-refractivity contribution in [3.63, 3.8) is 0 Å². The predicted molar refractivity (Wildman–Crippen MR) is 73.2 cm³/mol. The quantitative estimate of drug-likeness (QED) is 0.833. The fourth-order valence-corrected chi connectivity index (χ4v) is 2.55. The summed E-state index contributed by atoms with van der Waals surface area (Å²) in [4.78, 5) is 36.3. The summed E-state index contributed by atoms with van der Waals surface area (Å²) in [5.41, 5.74) is -0.00655. The summed E-state index contributed by atoms with van der Waals surface area (Å²) in [7, 11) is 0. The molecule has 132 valence electrons. The number of amides is 2. The van der Waals surface area contributed by atoms with Gasteiger partial charge in [0, 0.05) is 6.54 Å². The van der Waals surface area contributed by atoms with Gasteiger partial charge in [-0.25, -0.2) is 0 Å². The number of carbonyl (C=O) groups is 3. The lowest BCUT2D eigenvalue weighted by molar-refractivity contribution is -0.140. The standard InChI is InChI=1S/C14H15F3N2O5/c15-14(16,17)7-18-12(22)9-2-1-4-19(9)13(23)8-3-5-24-10(8)6-11(20)21/h3,5,9H,1-2,4,6-7H2,(H,18,22)(H,20,21). The molecular formula is C14H15F3N2O5. The van der Waals surface area contributed by atoms with Crippen molar-refractivity contribution in [3.05, 3.63) is 23.7 Å². The Morgan fingerprint density at radius 2 is 2.08 bits per heavy atom. The number of likely N-dealkylation sites (tertiary alicyclic amines) is 1. The van der Waals surface area contributed by atoms with Crippen LogP contribution in [-0.2, 0) is 16.0 Å². The highest BCUT2D eigenvalue weighted by atomic mass is 19.4. The molecular weight excluding hydrogens is 333 g/mol. The number of rotatable bonds is 5. The van der Waals surface area contributed by atoms with E-state index in [1.54, 1.807) is 5.32 Å². The molecule has 0 aromatic carbocycles. The summed E-state index contributed by atoms with van der Waals surface area (Å²) < 4.78 is 41.5. The molecule has 1 aliphatic rings. The number of carbonyl (C=O) groups excluding carboxylic acids is 2. The van der Waals surface area contributed by atoms with Crippen molar-refractivity contribution in [3.8, 4) is 0 Å². The molecule has 2 N–H and O–H groups in total. The van der Waals surface area contributed by atoms with Gasteiger partial charge in [-0.2, -0.15) is 13.2 Å². The number of carboxylic acids is 1. The summed E-state index contributed by atoms with van der Waals surface area (Å²) in [6.07, 6.45) is -3.20. The van der Waals surface area contributed by atoms with E-state index in [0.717, 1.165) is 11.2 Å². The molecule has 0 radical (unpaired) electrons. The molecule has 0 bridgehead atoms. The Morgan fingerprint density at radius 3 is 2.71 bits per heavy atom. The number of nitrogens with zero attached hydrogens (tertiary/aromatic N) is 1. The summed E-state index contributed by atoms with van der Waals surface area (Å²) >= 11 is 0. The van der Waals surface area contributed by atoms with Gasteiger partial charge >= 0.3 is 12.1 Å². The lowest BCUT2D eigenvalue weighted by Gasteiger charge is -2.24. The number of alkyl halides is 3. The van der Waals surface area contributed by atoms with E-state index in [0.29, 0.717) is 6.42 Å². The van der Waals surface area contributed by atoms with E-state index in [1.807, 2.05) is 0 Å². The molecule has 2 heterocycles. The Kier molecular flexibility index (Phi) is 5.15. The zero-order valence-electron chi connectivity index (χ0n) is 12.4. The van der Waals surface area contributed by atoms with E-state index in [2.05, 4.69) is 0 Å². The Balaban J connectivity index is 2.10. The fraction of sp³-hybridized carbons (Fsp3) is 0.500. The fourth-order valence-electron chi connectivity index (χ4n) is 2.55. The minimum absolute atomic E-state index is 0.00655. The molecule has 1 fully saturated rings. The maximum absolute atomic E-state index is 12.5. The molecule has 1 saturated heterocycles. The van der Waals surface area contributed by atoms with Crippen molar-refractivity contribution in [2.24, 2.45) is 0 Å². The maximum Gasteiger partial charge on any atom is 0.405 e. The smallest absolute Gasteiger partial charge is 0.405 e. The lowest BCUT2D eigenvalue weighted by Crippen LogP contribution is -2.48. The molecule has 1 aromatic heterocycles. The SMILES string of the molecule is O=C(O)Cc1occc1C(=O)N1CCCC1C(=O)NCC(F)(F)F. The number of halogens is 3. The van der Waals surface area contributed by atoms with Crippen LogP contribution in [0.4, 0.5) is 13.2 Å². The minimum atomic E-state index is -4.54. The van der Waals surface area contributed by atoms with E-state index < -0.39 is 43.0 Å². The van der Waals surface area contributed by atoms with Crippen LogP contribution in [0.5, 0.6) is 0 Å². The first kappa shape index (κ1) is 17.8. The van der Waals surface area contributed by atoms with Gasteiger partial charge in [0.2, 0.25) is 5.91 Å². The second-order valence-electron chi connectivity index (χ2n) is 5.32. The highest BCUT2D eigenvalue weighted by Gasteiger charge is 2.37. The largest absolute Gasteiger partial charge is 0.481 e. The minimum Gasteiger partial charge on any atom is -0.481 e. The first-order valence-corrected chi connectivity index (χ1v) is 7.12. The normalized spacial score (nSPS) is 17.8. The van der Waals surface area contributed by atoms with Crippen LogP contribution >= 0.6 is 0 Å². The summed E-state index contributed by atoms with van der Waals surface area (Å²) in [6.45, 7) is -1.28. The molecule has 10 heteroatoms. The Morgan fingerprint density at radius 1 is 1.38 bits per heavy atom.